The molecular weight excluding hydrogens is 319 g/mol. The van der Waals surface area contributed by atoms with E-state index in [2.05, 4.69) is 32.1 Å². The minimum absolute atomic E-state index is 0.0894. The number of aryl methyl sites for hydroxylation is 1. The smallest absolute Gasteiger partial charge is 0.126 e. The van der Waals surface area contributed by atoms with E-state index in [4.69, 9.17) is 0 Å². The summed E-state index contributed by atoms with van der Waals surface area (Å²) in [7, 11) is 0. The number of fused-ring (bicyclic) bond motifs is 2. The molecule has 2 saturated carbocycles. The van der Waals surface area contributed by atoms with E-state index in [1.54, 1.807) is 0 Å². The molecule has 0 heterocycles. The molecule has 0 N–H and O–H groups in total. The fourth-order valence-corrected chi connectivity index (χ4v) is 6.19. The minimum Gasteiger partial charge on any atom is -0.207 e. The van der Waals surface area contributed by atoms with Gasteiger partial charge in [-0.1, -0.05) is 31.6 Å². The Morgan fingerprint density at radius 1 is 1.00 bits per heavy atom. The zero-order valence-corrected chi connectivity index (χ0v) is 16.6. The third-order valence-electron chi connectivity index (χ3n) is 7.78. The second kappa shape index (κ2) is 7.87. The summed E-state index contributed by atoms with van der Waals surface area (Å²) in [5, 5.41) is 0. The molecular formula is C25H35F. The van der Waals surface area contributed by atoms with Crippen LogP contribution >= 0.6 is 0 Å². The summed E-state index contributed by atoms with van der Waals surface area (Å²) in [4.78, 5) is 0. The van der Waals surface area contributed by atoms with Crippen LogP contribution in [-0.2, 0) is 12.8 Å². The lowest BCUT2D eigenvalue weighted by Gasteiger charge is -2.42. The first-order valence-corrected chi connectivity index (χ1v) is 11.1. The fourth-order valence-electron chi connectivity index (χ4n) is 6.19. The number of halogens is 1. The van der Waals surface area contributed by atoms with Gasteiger partial charge in [0.1, 0.15) is 5.82 Å². The Kier molecular flexibility index (Phi) is 5.53. The fraction of sp³-hybridized carbons (Fsp3) is 0.680. The van der Waals surface area contributed by atoms with Crippen LogP contribution in [0.5, 0.6) is 0 Å². The van der Waals surface area contributed by atoms with Crippen LogP contribution in [0, 0.1) is 29.5 Å². The molecule has 3 aliphatic carbocycles. The number of rotatable bonds is 3. The quantitative estimate of drug-likeness (QED) is 0.503. The van der Waals surface area contributed by atoms with E-state index < -0.39 is 0 Å². The maximum absolute atomic E-state index is 15.0. The first kappa shape index (κ1) is 18.3. The Morgan fingerprint density at radius 2 is 1.81 bits per heavy atom. The van der Waals surface area contributed by atoms with Gasteiger partial charge in [0.05, 0.1) is 0 Å². The Balaban J connectivity index is 1.48. The number of hydrogen-bond acceptors (Lipinski definition) is 0. The summed E-state index contributed by atoms with van der Waals surface area (Å²) in [5.41, 5.74) is 3.79. The highest BCUT2D eigenvalue weighted by Gasteiger charge is 2.36. The summed E-state index contributed by atoms with van der Waals surface area (Å²) >= 11 is 0. The molecule has 142 valence electrons. The summed E-state index contributed by atoms with van der Waals surface area (Å²) in [5.74, 6) is 3.82. The van der Waals surface area contributed by atoms with E-state index in [-0.39, 0.29) is 5.82 Å². The molecule has 0 spiro atoms. The molecule has 1 heteroatoms. The average Bonchev–Trinajstić information content (AvgIpc) is 2.67. The van der Waals surface area contributed by atoms with Crippen LogP contribution in [0.25, 0.3) is 0 Å². The molecule has 5 atom stereocenters. The van der Waals surface area contributed by atoms with Gasteiger partial charge in [0.25, 0.3) is 0 Å². The molecule has 0 saturated heterocycles. The lowest BCUT2D eigenvalue weighted by Crippen LogP contribution is -2.30. The summed E-state index contributed by atoms with van der Waals surface area (Å²) < 4.78 is 15.0. The maximum Gasteiger partial charge on any atom is 0.126 e. The van der Waals surface area contributed by atoms with Gasteiger partial charge in [0.2, 0.25) is 0 Å². The molecule has 0 radical (unpaired) electrons. The highest BCUT2D eigenvalue weighted by Crippen LogP contribution is 2.48. The molecule has 0 amide bonds. The minimum atomic E-state index is 0.0894. The van der Waals surface area contributed by atoms with Gasteiger partial charge in [-0.25, -0.2) is 4.39 Å². The van der Waals surface area contributed by atoms with Crippen molar-refractivity contribution in [2.75, 3.05) is 0 Å². The van der Waals surface area contributed by atoms with Crippen LogP contribution in [-0.4, -0.2) is 0 Å². The molecule has 5 unspecified atom stereocenters. The summed E-state index contributed by atoms with van der Waals surface area (Å²) in [6, 6.07) is 4.18. The molecule has 0 aliphatic heterocycles. The largest absolute Gasteiger partial charge is 0.207 e. The molecule has 26 heavy (non-hydrogen) atoms. The van der Waals surface area contributed by atoms with Gasteiger partial charge in [-0.3, -0.25) is 0 Å². The lowest BCUT2D eigenvalue weighted by molar-refractivity contribution is 0.132. The zero-order valence-electron chi connectivity index (χ0n) is 16.6. The monoisotopic (exact) mass is 354 g/mol. The van der Waals surface area contributed by atoms with Gasteiger partial charge >= 0.3 is 0 Å². The summed E-state index contributed by atoms with van der Waals surface area (Å²) in [6.07, 6.45) is 17.2. The van der Waals surface area contributed by atoms with Gasteiger partial charge in [0, 0.05) is 0 Å². The normalized spacial score (nSPS) is 34.5. The van der Waals surface area contributed by atoms with E-state index in [0.29, 0.717) is 5.92 Å². The van der Waals surface area contributed by atoms with Gasteiger partial charge in [-0.2, -0.15) is 0 Å². The second-order valence-electron chi connectivity index (χ2n) is 9.29. The van der Waals surface area contributed by atoms with E-state index >= 15 is 0 Å². The van der Waals surface area contributed by atoms with Crippen molar-refractivity contribution in [1.29, 1.82) is 0 Å². The molecule has 0 bridgehead atoms. The second-order valence-corrected chi connectivity index (χ2v) is 9.29. The number of hydrogen-bond donors (Lipinski definition) is 0. The molecule has 0 aromatic heterocycles. The molecule has 4 rings (SSSR count). The first-order chi connectivity index (χ1) is 12.7. The van der Waals surface area contributed by atoms with E-state index in [1.807, 2.05) is 6.07 Å². The topological polar surface area (TPSA) is 0 Å². The molecule has 0 nitrogen and oxygen atoms in total. The third kappa shape index (κ3) is 3.64. The van der Waals surface area contributed by atoms with E-state index in [9.17, 15) is 4.39 Å². The lowest BCUT2D eigenvalue weighted by atomic mass is 9.63. The molecule has 1 aromatic carbocycles. The predicted molar refractivity (Wildman–Crippen MR) is 108 cm³/mol. The first-order valence-electron chi connectivity index (χ1n) is 11.1. The van der Waals surface area contributed by atoms with Crippen molar-refractivity contribution >= 4 is 0 Å². The Bertz CT molecular complexity index is 658. The summed E-state index contributed by atoms with van der Waals surface area (Å²) in [6.45, 7) is 4.41. The van der Waals surface area contributed by atoms with Crippen LogP contribution in [0.2, 0.25) is 0 Å². The van der Waals surface area contributed by atoms with Gasteiger partial charge in [0.15, 0.2) is 0 Å². The van der Waals surface area contributed by atoms with Crippen molar-refractivity contribution in [3.8, 4) is 0 Å². The van der Waals surface area contributed by atoms with Gasteiger partial charge < -0.3 is 0 Å². The number of allylic oxidation sites excluding steroid dienone is 2. The van der Waals surface area contributed by atoms with Crippen molar-refractivity contribution in [3.05, 3.63) is 46.8 Å². The zero-order chi connectivity index (χ0) is 18.1. The number of benzene rings is 1. The van der Waals surface area contributed by atoms with Crippen LogP contribution in [0.1, 0.15) is 87.8 Å². The standard InChI is InChI=1S/C25H35F/c1-3-5-18-7-9-20-14-22(11-10-19(20)13-18)24-15-21-8-6-17(4-2)12-23(21)16-25(24)26/h3,5,15-20,22H,4,6-14H2,1-2H3/b5-3+. The molecule has 2 fully saturated rings. The van der Waals surface area contributed by atoms with Crippen LogP contribution in [0.4, 0.5) is 4.39 Å². The predicted octanol–water partition coefficient (Wildman–Crippen LogP) is 7.22. The SMILES string of the molecule is C/C=C/C1CCC2CC(c3cc4c(cc3F)CC(CC)CC4)CCC2C1. The molecule has 1 aromatic rings. The Morgan fingerprint density at radius 3 is 2.62 bits per heavy atom. The van der Waals surface area contributed by atoms with Gasteiger partial charge in [-0.05, 0) is 117 Å². The Labute approximate surface area is 159 Å². The van der Waals surface area contributed by atoms with Crippen molar-refractivity contribution in [2.45, 2.75) is 84.0 Å². The highest BCUT2D eigenvalue weighted by atomic mass is 19.1. The van der Waals surface area contributed by atoms with Crippen LogP contribution in [0.3, 0.4) is 0 Å². The average molecular weight is 355 g/mol. The van der Waals surface area contributed by atoms with Crippen molar-refractivity contribution in [1.82, 2.24) is 0 Å². The Hall–Kier alpha value is -1.11. The molecule has 3 aliphatic rings. The van der Waals surface area contributed by atoms with Crippen molar-refractivity contribution < 1.29 is 4.39 Å². The highest BCUT2D eigenvalue weighted by molar-refractivity contribution is 5.37. The van der Waals surface area contributed by atoms with Crippen LogP contribution < -0.4 is 0 Å². The maximum atomic E-state index is 15.0. The van der Waals surface area contributed by atoms with Crippen molar-refractivity contribution in [3.63, 3.8) is 0 Å². The van der Waals surface area contributed by atoms with E-state index in [0.717, 1.165) is 42.1 Å². The van der Waals surface area contributed by atoms with Gasteiger partial charge in [-0.15, -0.1) is 0 Å². The van der Waals surface area contributed by atoms with Crippen LogP contribution in [0.15, 0.2) is 24.3 Å². The van der Waals surface area contributed by atoms with E-state index in [1.165, 1.54) is 62.5 Å². The third-order valence-corrected chi connectivity index (χ3v) is 7.78. The van der Waals surface area contributed by atoms with Crippen molar-refractivity contribution in [2.24, 2.45) is 23.7 Å².